The van der Waals surface area contributed by atoms with Gasteiger partial charge in [0.1, 0.15) is 5.82 Å². The van der Waals surface area contributed by atoms with Gasteiger partial charge in [-0.15, -0.1) is 0 Å². The van der Waals surface area contributed by atoms with Crippen molar-refractivity contribution in [2.45, 2.75) is 6.92 Å². The average molecular weight is 398 g/mol. The van der Waals surface area contributed by atoms with E-state index in [-0.39, 0.29) is 18.3 Å². The van der Waals surface area contributed by atoms with Crippen molar-refractivity contribution >= 4 is 39.9 Å². The Morgan fingerprint density at radius 3 is 2.48 bits per heavy atom. The Balaban J connectivity index is 2.03. The number of nitrogens with zero attached hydrogens (tertiary/aromatic N) is 1. The Morgan fingerprint density at radius 2 is 1.86 bits per heavy atom. The maximum Gasteiger partial charge on any atom is 0.243 e. The molecule has 0 bridgehead atoms. The highest BCUT2D eigenvalue weighted by atomic mass is 127. The fraction of sp³-hybridized carbons (Fsp3) is 0.188. The molecule has 0 aliphatic heterocycles. The third-order valence-corrected chi connectivity index (χ3v) is 4.00. The van der Waals surface area contributed by atoms with Crippen LogP contribution in [0.3, 0.4) is 0 Å². The summed E-state index contributed by atoms with van der Waals surface area (Å²) in [5.74, 6) is -0.372. The minimum absolute atomic E-state index is 0.0923. The van der Waals surface area contributed by atoms with Gasteiger partial charge in [-0.2, -0.15) is 0 Å². The Morgan fingerprint density at radius 1 is 1.19 bits per heavy atom. The van der Waals surface area contributed by atoms with Crippen LogP contribution in [0.25, 0.3) is 0 Å². The van der Waals surface area contributed by atoms with E-state index in [9.17, 15) is 9.18 Å². The number of nitrogens with one attached hydrogen (secondary N) is 1. The lowest BCUT2D eigenvalue weighted by Gasteiger charge is -2.22. The number of para-hydroxylation sites is 1. The SMILES string of the molecule is CCN(CC(=O)Nc1ccccc1I)c1ccc(F)cc1. The van der Waals surface area contributed by atoms with Gasteiger partial charge in [0.25, 0.3) is 0 Å². The number of anilines is 2. The summed E-state index contributed by atoms with van der Waals surface area (Å²) in [7, 11) is 0. The summed E-state index contributed by atoms with van der Waals surface area (Å²) in [5, 5.41) is 2.89. The number of carbonyl (C=O) groups excluding carboxylic acids is 1. The molecular weight excluding hydrogens is 382 g/mol. The zero-order valence-corrected chi connectivity index (χ0v) is 13.8. The molecule has 1 amide bonds. The first-order valence-corrected chi connectivity index (χ1v) is 7.73. The topological polar surface area (TPSA) is 32.3 Å². The van der Waals surface area contributed by atoms with E-state index in [1.165, 1.54) is 12.1 Å². The van der Waals surface area contributed by atoms with Gasteiger partial charge in [0.05, 0.1) is 12.2 Å². The van der Waals surface area contributed by atoms with Gasteiger partial charge in [-0.05, 0) is 65.9 Å². The van der Waals surface area contributed by atoms with Crippen molar-refractivity contribution in [3.8, 4) is 0 Å². The summed E-state index contributed by atoms with van der Waals surface area (Å²) < 4.78 is 13.9. The number of hydrogen-bond acceptors (Lipinski definition) is 2. The number of carbonyl (C=O) groups is 1. The van der Waals surface area contributed by atoms with Crippen LogP contribution in [0, 0.1) is 9.39 Å². The Kier molecular flexibility index (Phi) is 5.55. The summed E-state index contributed by atoms with van der Waals surface area (Å²) in [5.41, 5.74) is 1.63. The summed E-state index contributed by atoms with van der Waals surface area (Å²) in [6, 6.07) is 13.8. The highest BCUT2D eigenvalue weighted by molar-refractivity contribution is 14.1. The first-order chi connectivity index (χ1) is 10.1. The molecule has 0 fully saturated rings. The summed E-state index contributed by atoms with van der Waals surface area (Å²) >= 11 is 2.18. The second-order valence-electron chi connectivity index (χ2n) is 4.52. The van der Waals surface area contributed by atoms with E-state index in [1.54, 1.807) is 12.1 Å². The maximum absolute atomic E-state index is 12.9. The molecule has 2 aromatic rings. The normalized spacial score (nSPS) is 10.2. The molecule has 2 rings (SSSR count). The number of halogens is 2. The lowest BCUT2D eigenvalue weighted by molar-refractivity contribution is -0.115. The molecule has 3 nitrogen and oxygen atoms in total. The highest BCUT2D eigenvalue weighted by Gasteiger charge is 2.11. The molecule has 1 N–H and O–H groups in total. The molecule has 0 saturated heterocycles. The number of benzene rings is 2. The lowest BCUT2D eigenvalue weighted by atomic mass is 10.2. The van der Waals surface area contributed by atoms with Crippen LogP contribution >= 0.6 is 22.6 Å². The molecule has 0 heterocycles. The average Bonchev–Trinajstić information content (AvgIpc) is 2.48. The van der Waals surface area contributed by atoms with Crippen LogP contribution in [0.2, 0.25) is 0 Å². The predicted octanol–water partition coefficient (Wildman–Crippen LogP) is 3.90. The molecule has 5 heteroatoms. The van der Waals surface area contributed by atoms with Gasteiger partial charge in [-0.1, -0.05) is 12.1 Å². The number of rotatable bonds is 5. The van der Waals surface area contributed by atoms with Gasteiger partial charge >= 0.3 is 0 Å². The Bertz CT molecular complexity index is 616. The third-order valence-electron chi connectivity index (χ3n) is 3.06. The first-order valence-electron chi connectivity index (χ1n) is 6.65. The highest BCUT2D eigenvalue weighted by Crippen LogP contribution is 2.18. The van der Waals surface area contributed by atoms with Gasteiger partial charge in [0.15, 0.2) is 0 Å². The lowest BCUT2D eigenvalue weighted by Crippen LogP contribution is -2.33. The monoisotopic (exact) mass is 398 g/mol. The minimum atomic E-state index is -0.280. The van der Waals surface area contributed by atoms with Gasteiger partial charge in [-0.3, -0.25) is 4.79 Å². The van der Waals surface area contributed by atoms with E-state index < -0.39 is 0 Å². The minimum Gasteiger partial charge on any atom is -0.362 e. The third kappa shape index (κ3) is 4.42. The van der Waals surface area contributed by atoms with Crippen LogP contribution in [0.1, 0.15) is 6.92 Å². The molecule has 0 aromatic heterocycles. The predicted molar refractivity (Wildman–Crippen MR) is 92.1 cm³/mol. The van der Waals surface area contributed by atoms with Crippen molar-refractivity contribution < 1.29 is 9.18 Å². The van der Waals surface area contributed by atoms with E-state index >= 15 is 0 Å². The zero-order chi connectivity index (χ0) is 15.2. The van der Waals surface area contributed by atoms with Gasteiger partial charge in [0.2, 0.25) is 5.91 Å². The molecule has 0 atom stereocenters. The molecule has 0 saturated carbocycles. The fourth-order valence-corrected chi connectivity index (χ4v) is 2.49. The molecule has 0 spiro atoms. The van der Waals surface area contributed by atoms with Gasteiger partial charge in [-0.25, -0.2) is 4.39 Å². The van der Waals surface area contributed by atoms with Crippen molar-refractivity contribution in [1.29, 1.82) is 0 Å². The van der Waals surface area contributed by atoms with Crippen LogP contribution < -0.4 is 10.2 Å². The van der Waals surface area contributed by atoms with Crippen molar-refractivity contribution in [2.24, 2.45) is 0 Å². The molecule has 2 aromatic carbocycles. The second kappa shape index (κ2) is 7.40. The smallest absolute Gasteiger partial charge is 0.243 e. The standard InChI is InChI=1S/C16H16FIN2O/c1-2-20(13-9-7-12(17)8-10-13)11-16(21)19-15-6-4-3-5-14(15)18/h3-10H,2,11H2,1H3,(H,19,21). The van der Waals surface area contributed by atoms with Crippen molar-refractivity contribution in [1.82, 2.24) is 0 Å². The molecule has 0 aliphatic rings. The van der Waals surface area contributed by atoms with E-state index in [4.69, 9.17) is 0 Å². The molecule has 0 unspecified atom stereocenters. The summed E-state index contributed by atoms with van der Waals surface area (Å²) in [6.07, 6.45) is 0. The number of likely N-dealkylation sites (N-methyl/N-ethyl adjacent to an activating group) is 1. The van der Waals surface area contributed by atoms with Crippen molar-refractivity contribution in [3.05, 3.63) is 57.9 Å². The van der Waals surface area contributed by atoms with Crippen LogP contribution in [-0.4, -0.2) is 19.0 Å². The summed E-state index contributed by atoms with van der Waals surface area (Å²) in [6.45, 7) is 2.86. The first kappa shape index (κ1) is 15.8. The van der Waals surface area contributed by atoms with Gasteiger partial charge < -0.3 is 10.2 Å². The van der Waals surface area contributed by atoms with E-state index in [0.717, 1.165) is 14.9 Å². The number of amides is 1. The Labute approximate surface area is 137 Å². The molecule has 0 aliphatic carbocycles. The molecule has 110 valence electrons. The second-order valence-corrected chi connectivity index (χ2v) is 5.68. The van der Waals surface area contributed by atoms with Gasteiger partial charge in [0, 0.05) is 15.8 Å². The number of hydrogen-bond donors (Lipinski definition) is 1. The molecule has 0 radical (unpaired) electrons. The van der Waals surface area contributed by atoms with Crippen LogP contribution in [0.4, 0.5) is 15.8 Å². The van der Waals surface area contributed by atoms with Crippen molar-refractivity contribution in [2.75, 3.05) is 23.3 Å². The van der Waals surface area contributed by atoms with Crippen LogP contribution in [0.15, 0.2) is 48.5 Å². The zero-order valence-electron chi connectivity index (χ0n) is 11.6. The quantitative estimate of drug-likeness (QED) is 0.776. The van der Waals surface area contributed by atoms with Crippen molar-refractivity contribution in [3.63, 3.8) is 0 Å². The van der Waals surface area contributed by atoms with Crippen LogP contribution in [0.5, 0.6) is 0 Å². The van der Waals surface area contributed by atoms with E-state index in [1.807, 2.05) is 36.1 Å². The van der Waals surface area contributed by atoms with Crippen LogP contribution in [-0.2, 0) is 4.79 Å². The summed E-state index contributed by atoms with van der Waals surface area (Å²) in [4.78, 5) is 14.0. The van der Waals surface area contributed by atoms with E-state index in [2.05, 4.69) is 27.9 Å². The maximum atomic E-state index is 12.9. The Hall–Kier alpha value is -1.63. The molecular formula is C16H16FIN2O. The molecule has 21 heavy (non-hydrogen) atoms. The fourth-order valence-electron chi connectivity index (χ4n) is 1.96. The largest absolute Gasteiger partial charge is 0.362 e. The van der Waals surface area contributed by atoms with E-state index in [0.29, 0.717) is 6.54 Å².